The van der Waals surface area contributed by atoms with Crippen molar-refractivity contribution >= 4 is 0 Å². The van der Waals surface area contributed by atoms with Crippen molar-refractivity contribution in [1.82, 2.24) is 0 Å². The molecule has 2 aromatic carbocycles. The Labute approximate surface area is 159 Å². The predicted octanol–water partition coefficient (Wildman–Crippen LogP) is 4.19. The van der Waals surface area contributed by atoms with Gasteiger partial charge in [-0.3, -0.25) is 0 Å². The van der Waals surface area contributed by atoms with Crippen molar-refractivity contribution in [1.29, 1.82) is 0 Å². The van der Waals surface area contributed by atoms with Crippen LogP contribution in [0.1, 0.15) is 60.6 Å². The highest BCUT2D eigenvalue weighted by atomic mass is 16.5. The van der Waals surface area contributed by atoms with Crippen LogP contribution in [-0.4, -0.2) is 26.0 Å². The molecule has 146 valence electrons. The largest absolute Gasteiger partial charge is 0.508 e. The summed E-state index contributed by atoms with van der Waals surface area (Å²) in [5.74, 6) is 0.885. The Morgan fingerprint density at radius 1 is 1.11 bits per heavy atom. The molecule has 0 bridgehead atoms. The van der Waals surface area contributed by atoms with Gasteiger partial charge in [0.1, 0.15) is 28.6 Å². The van der Waals surface area contributed by atoms with Crippen LogP contribution in [0.2, 0.25) is 0 Å². The van der Waals surface area contributed by atoms with Gasteiger partial charge in [0.2, 0.25) is 0 Å². The van der Waals surface area contributed by atoms with E-state index in [1.807, 2.05) is 27.7 Å². The number of ether oxygens (including phenoxy) is 1. The van der Waals surface area contributed by atoms with Crippen molar-refractivity contribution in [3.8, 4) is 23.0 Å². The van der Waals surface area contributed by atoms with Gasteiger partial charge in [0.25, 0.3) is 0 Å². The Hall–Kier alpha value is -2.40. The first kappa shape index (κ1) is 19.4. The fourth-order valence-electron chi connectivity index (χ4n) is 3.74. The molecule has 1 unspecified atom stereocenters. The van der Waals surface area contributed by atoms with Gasteiger partial charge in [0.15, 0.2) is 0 Å². The number of phenolic OH excluding ortho intramolecular Hbond substituents is 3. The fraction of sp³-hybridized carbons (Fsp3) is 0.455. The highest BCUT2D eigenvalue weighted by Gasteiger charge is 2.33. The van der Waals surface area contributed by atoms with Crippen molar-refractivity contribution in [3.05, 3.63) is 46.0 Å². The minimum Gasteiger partial charge on any atom is -0.508 e. The van der Waals surface area contributed by atoms with Gasteiger partial charge in [-0.15, -0.1) is 0 Å². The number of aliphatic hydroxyl groups is 1. The summed E-state index contributed by atoms with van der Waals surface area (Å²) in [7, 11) is 0. The summed E-state index contributed by atoms with van der Waals surface area (Å²) in [6.07, 6.45) is 1.41. The molecule has 0 fully saturated rings. The molecular formula is C22H28O5. The molecule has 1 heterocycles. The Morgan fingerprint density at radius 2 is 1.81 bits per heavy atom. The van der Waals surface area contributed by atoms with Crippen LogP contribution in [0.15, 0.2) is 18.2 Å². The van der Waals surface area contributed by atoms with Crippen LogP contribution in [0.4, 0.5) is 0 Å². The van der Waals surface area contributed by atoms with E-state index in [9.17, 15) is 20.4 Å². The lowest BCUT2D eigenvalue weighted by atomic mass is 9.84. The van der Waals surface area contributed by atoms with Crippen molar-refractivity contribution < 1.29 is 25.2 Å². The van der Waals surface area contributed by atoms with Crippen molar-refractivity contribution in [3.63, 3.8) is 0 Å². The van der Waals surface area contributed by atoms with Gasteiger partial charge in [0, 0.05) is 17.2 Å². The molecule has 4 N–H and O–H groups in total. The van der Waals surface area contributed by atoms with E-state index in [-0.39, 0.29) is 22.8 Å². The van der Waals surface area contributed by atoms with E-state index in [1.165, 1.54) is 12.1 Å². The average Bonchev–Trinajstić information content (AvgIpc) is 2.59. The van der Waals surface area contributed by atoms with E-state index in [1.54, 1.807) is 6.07 Å². The summed E-state index contributed by atoms with van der Waals surface area (Å²) in [6, 6.07) is 4.43. The molecule has 1 aliphatic heterocycles. The van der Waals surface area contributed by atoms with Crippen molar-refractivity contribution in [2.45, 2.75) is 65.1 Å². The first-order valence-electron chi connectivity index (χ1n) is 9.33. The molecule has 0 spiro atoms. The van der Waals surface area contributed by atoms with Crippen LogP contribution in [0.5, 0.6) is 23.0 Å². The van der Waals surface area contributed by atoms with E-state index < -0.39 is 6.10 Å². The minimum atomic E-state index is -0.879. The zero-order valence-electron chi connectivity index (χ0n) is 16.3. The molecule has 1 atom stereocenters. The second kappa shape index (κ2) is 6.97. The summed E-state index contributed by atoms with van der Waals surface area (Å²) in [6.45, 7) is 7.85. The van der Waals surface area contributed by atoms with Crippen LogP contribution in [-0.2, 0) is 12.8 Å². The molecule has 5 nitrogen and oxygen atoms in total. The lowest BCUT2D eigenvalue weighted by Gasteiger charge is -2.36. The standard InChI is InChI=1S/C22H28O5/c1-12-13(2)21-16(9-10-22(3,4)27-21)19(20(12)26)17(24)8-6-14-5-7-15(23)11-18(14)25/h5,7,11,17,23-26H,6,8-10H2,1-4H3. The zero-order chi connectivity index (χ0) is 19.9. The lowest BCUT2D eigenvalue weighted by Crippen LogP contribution is -2.33. The summed E-state index contributed by atoms with van der Waals surface area (Å²) in [4.78, 5) is 0. The number of aryl methyl sites for hydroxylation is 1. The Morgan fingerprint density at radius 3 is 2.48 bits per heavy atom. The minimum absolute atomic E-state index is 0.00128. The van der Waals surface area contributed by atoms with E-state index in [4.69, 9.17) is 4.74 Å². The maximum Gasteiger partial charge on any atom is 0.127 e. The highest BCUT2D eigenvalue weighted by Crippen LogP contribution is 2.46. The van der Waals surface area contributed by atoms with Crippen molar-refractivity contribution in [2.24, 2.45) is 0 Å². The second-order valence-electron chi connectivity index (χ2n) is 8.05. The third-order valence-corrected chi connectivity index (χ3v) is 5.56. The fourth-order valence-corrected chi connectivity index (χ4v) is 3.74. The van der Waals surface area contributed by atoms with E-state index >= 15 is 0 Å². The zero-order valence-corrected chi connectivity index (χ0v) is 16.3. The number of phenols is 3. The molecule has 2 aromatic rings. The molecule has 5 heteroatoms. The van der Waals surface area contributed by atoms with Crippen molar-refractivity contribution in [2.75, 3.05) is 0 Å². The third-order valence-electron chi connectivity index (χ3n) is 5.56. The monoisotopic (exact) mass is 372 g/mol. The molecule has 0 saturated carbocycles. The number of benzene rings is 2. The van der Waals surface area contributed by atoms with E-state index in [0.717, 1.165) is 29.7 Å². The van der Waals surface area contributed by atoms with Crippen LogP contribution in [0, 0.1) is 13.8 Å². The quantitative estimate of drug-likeness (QED) is 0.646. The maximum atomic E-state index is 10.9. The molecule has 3 rings (SSSR count). The lowest BCUT2D eigenvalue weighted by molar-refractivity contribution is 0.0805. The topological polar surface area (TPSA) is 90.2 Å². The van der Waals surface area contributed by atoms with E-state index in [2.05, 4.69) is 0 Å². The van der Waals surface area contributed by atoms with Gasteiger partial charge in [-0.25, -0.2) is 0 Å². The summed E-state index contributed by atoms with van der Waals surface area (Å²) in [5, 5.41) is 40.9. The van der Waals surface area contributed by atoms with Crippen LogP contribution < -0.4 is 4.74 Å². The molecule has 0 saturated heterocycles. The molecule has 27 heavy (non-hydrogen) atoms. The average molecular weight is 372 g/mol. The van der Waals surface area contributed by atoms with E-state index in [0.29, 0.717) is 29.5 Å². The summed E-state index contributed by atoms with van der Waals surface area (Å²) < 4.78 is 6.18. The van der Waals surface area contributed by atoms with Gasteiger partial charge < -0.3 is 25.2 Å². The summed E-state index contributed by atoms with van der Waals surface area (Å²) >= 11 is 0. The summed E-state index contributed by atoms with van der Waals surface area (Å²) in [5.41, 5.74) is 3.39. The van der Waals surface area contributed by atoms with Gasteiger partial charge >= 0.3 is 0 Å². The maximum absolute atomic E-state index is 10.9. The molecule has 0 amide bonds. The first-order valence-corrected chi connectivity index (χ1v) is 9.33. The van der Waals surface area contributed by atoms with Crippen LogP contribution in [0.3, 0.4) is 0 Å². The molecular weight excluding hydrogens is 344 g/mol. The number of rotatable bonds is 4. The molecule has 0 aromatic heterocycles. The number of hydrogen-bond acceptors (Lipinski definition) is 5. The molecule has 0 radical (unpaired) electrons. The number of fused-ring (bicyclic) bond motifs is 1. The first-order chi connectivity index (χ1) is 12.6. The number of aliphatic hydroxyl groups excluding tert-OH is 1. The second-order valence-corrected chi connectivity index (χ2v) is 8.05. The van der Waals surface area contributed by atoms with Crippen LogP contribution >= 0.6 is 0 Å². The van der Waals surface area contributed by atoms with Crippen LogP contribution in [0.25, 0.3) is 0 Å². The Bertz CT molecular complexity index is 870. The molecule has 0 aliphatic carbocycles. The molecule has 1 aliphatic rings. The van der Waals surface area contributed by atoms with Gasteiger partial charge in [-0.1, -0.05) is 6.07 Å². The SMILES string of the molecule is Cc1c(C)c2c(c(C(O)CCc3ccc(O)cc3O)c1O)CCC(C)(C)O2. The normalized spacial score (nSPS) is 16.5. The third kappa shape index (κ3) is 3.69. The van der Waals surface area contributed by atoms with Gasteiger partial charge in [0.05, 0.1) is 6.10 Å². The predicted molar refractivity (Wildman–Crippen MR) is 104 cm³/mol. The van der Waals surface area contributed by atoms with Gasteiger partial charge in [-0.05, 0) is 76.1 Å². The smallest absolute Gasteiger partial charge is 0.127 e. The Balaban J connectivity index is 1.92. The van der Waals surface area contributed by atoms with Gasteiger partial charge in [-0.2, -0.15) is 0 Å². The highest BCUT2D eigenvalue weighted by molar-refractivity contribution is 5.59. The number of aromatic hydroxyl groups is 3. The number of hydrogen-bond donors (Lipinski definition) is 4. The Kier molecular flexibility index (Phi) is 5.00.